The van der Waals surface area contributed by atoms with E-state index in [1.54, 1.807) is 6.92 Å². The van der Waals surface area contributed by atoms with Crippen molar-refractivity contribution in [3.05, 3.63) is 32.6 Å². The van der Waals surface area contributed by atoms with E-state index in [9.17, 15) is 14.7 Å². The fourth-order valence-corrected chi connectivity index (χ4v) is 3.60. The third-order valence-corrected chi connectivity index (χ3v) is 6.04. The molecule has 0 amide bonds. The lowest BCUT2D eigenvalue weighted by atomic mass is 10.2. The average molecular weight is 379 g/mol. The molecule has 2 N–H and O–H groups in total. The first-order valence-electron chi connectivity index (χ1n) is 8.55. The summed E-state index contributed by atoms with van der Waals surface area (Å²) in [5.41, 5.74) is -0.739. The van der Waals surface area contributed by atoms with Crippen LogP contribution < -0.4 is 11.2 Å². The third kappa shape index (κ3) is 5.13. The summed E-state index contributed by atoms with van der Waals surface area (Å²) in [6, 6.07) is 0. The molecule has 0 aromatic carbocycles. The summed E-state index contributed by atoms with van der Waals surface area (Å²) in [5, 5.41) is 9.54. The van der Waals surface area contributed by atoms with Gasteiger partial charge in [-0.3, -0.25) is 14.3 Å². The molecule has 1 aromatic heterocycles. The Morgan fingerprint density at radius 1 is 1.54 bits per heavy atom. The van der Waals surface area contributed by atoms with E-state index in [0.717, 1.165) is 10.8 Å². The van der Waals surface area contributed by atoms with Crippen LogP contribution in [0.15, 0.2) is 15.8 Å². The van der Waals surface area contributed by atoms with Gasteiger partial charge in [0.15, 0.2) is 0 Å². The molecule has 1 aliphatic heterocycles. The minimum absolute atomic E-state index is 0.146. The topological polar surface area (TPSA) is 93.6 Å². The van der Waals surface area contributed by atoms with Crippen LogP contribution in [0.2, 0.25) is 0 Å². The maximum Gasteiger partial charge on any atom is 0.330 e. The maximum absolute atomic E-state index is 12.0. The fourth-order valence-electron chi connectivity index (χ4n) is 2.18. The van der Waals surface area contributed by atoms with Crippen molar-refractivity contribution >= 4 is 21.6 Å². The maximum atomic E-state index is 12.0. The van der Waals surface area contributed by atoms with Gasteiger partial charge in [-0.25, -0.2) is 4.79 Å². The molecule has 0 radical (unpaired) electrons. The summed E-state index contributed by atoms with van der Waals surface area (Å²) in [4.78, 5) is 25.7. The van der Waals surface area contributed by atoms with Crippen molar-refractivity contribution in [2.75, 3.05) is 12.5 Å². The number of aromatic amines is 1. The lowest BCUT2D eigenvalue weighted by Crippen LogP contribution is -2.33. The van der Waals surface area contributed by atoms with Crippen molar-refractivity contribution in [1.82, 2.24) is 9.55 Å². The summed E-state index contributed by atoms with van der Waals surface area (Å²) in [6.07, 6.45) is -0.684. The Morgan fingerprint density at radius 3 is 2.88 bits per heavy atom. The van der Waals surface area contributed by atoms with Gasteiger partial charge < -0.3 is 14.6 Å². The molecular formula is C15H24N2O5S2. The van der Waals surface area contributed by atoms with Gasteiger partial charge in [-0.2, -0.15) is 0 Å². The third-order valence-electron chi connectivity index (χ3n) is 3.34. The molecule has 1 aromatic rings. The highest BCUT2D eigenvalue weighted by atomic mass is 33.1. The molecule has 24 heavy (non-hydrogen) atoms. The summed E-state index contributed by atoms with van der Waals surface area (Å²) in [5.74, 6) is -1.99. The number of aliphatic hydroxyl groups is 1. The largest absolute Gasteiger partial charge is 0.394 e. The van der Waals surface area contributed by atoms with Gasteiger partial charge in [-0.15, -0.1) is 0 Å². The predicted octanol–water partition coefficient (Wildman–Crippen LogP) is 1.65. The van der Waals surface area contributed by atoms with E-state index in [0.29, 0.717) is 5.56 Å². The number of H-pyrrole nitrogens is 1. The van der Waals surface area contributed by atoms with E-state index >= 15 is 0 Å². The van der Waals surface area contributed by atoms with Crippen molar-refractivity contribution in [2.24, 2.45) is 0 Å². The smallest absolute Gasteiger partial charge is 0.330 e. The van der Waals surface area contributed by atoms with Crippen molar-refractivity contribution in [1.29, 1.82) is 0 Å². The number of hydrogen-bond acceptors (Lipinski definition) is 7. The van der Waals surface area contributed by atoms with Crippen molar-refractivity contribution in [3.8, 4) is 0 Å². The number of aliphatic hydroxyl groups excluding tert-OH is 1. The van der Waals surface area contributed by atoms with E-state index in [1.807, 2.05) is 20.8 Å². The highest BCUT2D eigenvalue weighted by Crippen LogP contribution is 2.36. The number of ether oxygens (including phenoxy) is 2. The quantitative estimate of drug-likeness (QED) is 0.574. The van der Waals surface area contributed by atoms with Gasteiger partial charge in [0.05, 0.1) is 15.5 Å². The second-order valence-corrected chi connectivity index (χ2v) is 9.27. The van der Waals surface area contributed by atoms with Crippen LogP contribution in [0.3, 0.4) is 0 Å². The molecule has 1 saturated heterocycles. The van der Waals surface area contributed by atoms with Gasteiger partial charge >= 0.3 is 5.69 Å². The highest BCUT2D eigenvalue weighted by molar-refractivity contribution is 8.77. The van der Waals surface area contributed by atoms with Crippen LogP contribution >= 0.6 is 21.6 Å². The molecule has 1 aliphatic rings. The van der Waals surface area contributed by atoms with Crippen LogP contribution in [-0.2, 0) is 9.47 Å². The van der Waals surface area contributed by atoms with Gasteiger partial charge in [-0.1, -0.05) is 42.4 Å². The minimum Gasteiger partial charge on any atom is -0.394 e. The normalized spacial score (nSPS) is 26.3. The van der Waals surface area contributed by atoms with Crippen LogP contribution in [0.25, 0.3) is 0 Å². The van der Waals surface area contributed by atoms with E-state index < -0.39 is 35.6 Å². The van der Waals surface area contributed by atoms with Crippen LogP contribution in [0.4, 0.5) is 0 Å². The van der Waals surface area contributed by atoms with Gasteiger partial charge in [0.25, 0.3) is 5.56 Å². The number of nitrogens with one attached hydrogen (secondary N) is 1. The molecule has 0 aliphatic carbocycles. The standard InChI is InChI=1S/C15H24N2O5S2/c1-9-6-17(14(20)16-13(9)19)12-5-10(11(7-18)22-12)21-8-23-24-15(2,3)4/h6,10-12,18H,5,7-8H2,1-4H3,(H,16,19,20)/t10?,11-,12-/m1/s1/i8D2. The van der Waals surface area contributed by atoms with Gasteiger partial charge in [-0.05, 0) is 6.92 Å². The monoisotopic (exact) mass is 378 g/mol. The van der Waals surface area contributed by atoms with Gasteiger partial charge in [0.2, 0.25) is 0 Å². The second kappa shape index (κ2) is 8.09. The average Bonchev–Trinajstić information content (AvgIpc) is 2.90. The zero-order valence-corrected chi connectivity index (χ0v) is 15.7. The molecular weight excluding hydrogens is 352 g/mol. The Labute approximate surface area is 151 Å². The molecule has 3 atom stereocenters. The number of aromatic nitrogens is 2. The summed E-state index contributed by atoms with van der Waals surface area (Å²) in [6.45, 7) is 7.11. The number of aryl methyl sites for hydroxylation is 1. The van der Waals surface area contributed by atoms with Crippen LogP contribution in [0.1, 0.15) is 41.7 Å². The molecule has 0 saturated carbocycles. The molecule has 0 bridgehead atoms. The van der Waals surface area contributed by atoms with Crippen LogP contribution in [-0.4, -0.2) is 44.1 Å². The Balaban J connectivity index is 2.13. The van der Waals surface area contributed by atoms with Crippen LogP contribution in [0, 0.1) is 6.92 Å². The van der Waals surface area contributed by atoms with Crippen molar-refractivity contribution < 1.29 is 17.3 Å². The molecule has 2 rings (SSSR count). The molecule has 1 unspecified atom stereocenters. The molecule has 2 heterocycles. The van der Waals surface area contributed by atoms with Crippen molar-refractivity contribution in [3.63, 3.8) is 0 Å². The molecule has 1 fully saturated rings. The molecule has 136 valence electrons. The van der Waals surface area contributed by atoms with E-state index in [2.05, 4.69) is 4.98 Å². The zero-order chi connectivity index (χ0) is 19.7. The Hall–Kier alpha value is -0.740. The summed E-state index contributed by atoms with van der Waals surface area (Å²) in [7, 11) is 2.32. The second-order valence-electron chi connectivity index (χ2n) is 6.54. The Morgan fingerprint density at radius 2 is 2.25 bits per heavy atom. The lowest BCUT2D eigenvalue weighted by molar-refractivity contribution is -0.0554. The summed E-state index contributed by atoms with van der Waals surface area (Å²) < 4.78 is 28.4. The SMILES string of the molecule is [2H]C([2H])(OC1C[C@H](n2cc(C)c(=O)[nH]c2=O)O[C@@H]1CO)SSC(C)(C)C. The minimum atomic E-state index is -1.99. The Kier molecular flexibility index (Phi) is 5.64. The Bertz CT molecular complexity index is 747. The first-order valence-corrected chi connectivity index (χ1v) is 9.70. The predicted molar refractivity (Wildman–Crippen MR) is 96.3 cm³/mol. The van der Waals surface area contributed by atoms with Crippen LogP contribution in [0.5, 0.6) is 0 Å². The molecule has 9 heteroatoms. The molecule has 0 spiro atoms. The van der Waals surface area contributed by atoms with Gasteiger partial charge in [0, 0.05) is 22.9 Å². The number of nitrogens with zero attached hydrogens (tertiary/aromatic N) is 1. The fraction of sp³-hybridized carbons (Fsp3) is 0.733. The van der Waals surface area contributed by atoms with Crippen molar-refractivity contribution in [2.45, 2.75) is 57.3 Å². The number of hydrogen-bond donors (Lipinski definition) is 2. The van der Waals surface area contributed by atoms with E-state index in [-0.39, 0.29) is 17.8 Å². The summed E-state index contributed by atoms with van der Waals surface area (Å²) >= 11 is 0. The van der Waals surface area contributed by atoms with Gasteiger partial charge in [0.1, 0.15) is 18.2 Å². The zero-order valence-electron chi connectivity index (χ0n) is 16.1. The van der Waals surface area contributed by atoms with E-state index in [4.69, 9.17) is 12.2 Å². The first-order chi connectivity index (χ1) is 11.9. The molecule has 7 nitrogen and oxygen atoms in total. The lowest BCUT2D eigenvalue weighted by Gasteiger charge is -2.19. The first kappa shape index (κ1) is 16.7. The van der Waals surface area contributed by atoms with E-state index in [1.165, 1.54) is 21.6 Å². The number of rotatable bonds is 6. The highest BCUT2D eigenvalue weighted by Gasteiger charge is 2.37.